The molecule has 3 atom stereocenters. The molecule has 1 saturated heterocycles. The number of hydrogen-bond donors (Lipinski definition) is 1. The summed E-state index contributed by atoms with van der Waals surface area (Å²) in [6, 6.07) is 1.82. The van der Waals surface area contributed by atoms with Gasteiger partial charge < -0.3 is 5.32 Å². The Labute approximate surface area is 62.6 Å². The minimum absolute atomic E-state index is 0. The molecule has 0 bridgehead atoms. The van der Waals surface area contributed by atoms with Crippen LogP contribution in [0.15, 0.2) is 0 Å². The van der Waals surface area contributed by atoms with E-state index in [1.807, 2.05) is 0 Å². The molecular weight excluding hydrogens is 134 g/mol. The fraction of sp³-hybridized carbons (Fsp3) is 1.00. The summed E-state index contributed by atoms with van der Waals surface area (Å²) in [5, 5.41) is 3.58. The summed E-state index contributed by atoms with van der Waals surface area (Å²) in [5.41, 5.74) is 0. The highest BCUT2D eigenvalue weighted by atomic mass is 35.5. The van der Waals surface area contributed by atoms with E-state index in [1.165, 1.54) is 19.3 Å². The van der Waals surface area contributed by atoms with Gasteiger partial charge in [0.15, 0.2) is 0 Å². The molecule has 54 valence electrons. The standard InChI is InChI=1S/C7H13N.ClH/c1-2-6-3-5-4-7(5)8-6;/h5-8H,2-4H2,1H3;1H/t5-,6+,7+;/m0./s1. The predicted molar refractivity (Wildman–Crippen MR) is 41.0 cm³/mol. The van der Waals surface area contributed by atoms with Crippen molar-refractivity contribution >= 4 is 12.4 Å². The van der Waals surface area contributed by atoms with Gasteiger partial charge in [-0.15, -0.1) is 12.4 Å². The van der Waals surface area contributed by atoms with Crippen molar-refractivity contribution in [3.63, 3.8) is 0 Å². The van der Waals surface area contributed by atoms with E-state index in [2.05, 4.69) is 12.2 Å². The van der Waals surface area contributed by atoms with E-state index in [0.29, 0.717) is 0 Å². The van der Waals surface area contributed by atoms with Gasteiger partial charge >= 0.3 is 0 Å². The first-order valence-corrected chi connectivity index (χ1v) is 3.66. The fourth-order valence-electron chi connectivity index (χ4n) is 1.73. The molecule has 0 radical (unpaired) electrons. The number of rotatable bonds is 1. The Morgan fingerprint density at radius 2 is 2.22 bits per heavy atom. The topological polar surface area (TPSA) is 12.0 Å². The average Bonchev–Trinajstić information content (AvgIpc) is 2.40. The van der Waals surface area contributed by atoms with Crippen LogP contribution in [-0.2, 0) is 0 Å². The lowest BCUT2D eigenvalue weighted by Gasteiger charge is -2.07. The zero-order chi connectivity index (χ0) is 5.56. The quantitative estimate of drug-likeness (QED) is 0.594. The minimum atomic E-state index is 0. The van der Waals surface area contributed by atoms with Gasteiger partial charge in [-0.1, -0.05) is 6.92 Å². The third-order valence-corrected chi connectivity index (χ3v) is 2.45. The highest BCUT2D eigenvalue weighted by molar-refractivity contribution is 5.85. The van der Waals surface area contributed by atoms with Crippen molar-refractivity contribution in [1.29, 1.82) is 0 Å². The largest absolute Gasteiger partial charge is 0.311 e. The van der Waals surface area contributed by atoms with Crippen LogP contribution < -0.4 is 5.32 Å². The number of piperidine rings is 1. The number of hydrogen-bond acceptors (Lipinski definition) is 1. The number of halogens is 1. The molecule has 0 aromatic carbocycles. The maximum absolute atomic E-state index is 3.58. The second-order valence-corrected chi connectivity index (χ2v) is 3.11. The molecule has 2 rings (SSSR count). The molecule has 1 nitrogen and oxygen atoms in total. The lowest BCUT2D eigenvalue weighted by atomic mass is 10.1. The first kappa shape index (κ1) is 7.36. The Balaban J connectivity index is 0.000000405. The maximum atomic E-state index is 3.58. The third-order valence-electron chi connectivity index (χ3n) is 2.45. The van der Waals surface area contributed by atoms with Crippen LogP contribution in [-0.4, -0.2) is 12.1 Å². The molecule has 2 heteroatoms. The van der Waals surface area contributed by atoms with Crippen LogP contribution >= 0.6 is 12.4 Å². The van der Waals surface area contributed by atoms with E-state index in [4.69, 9.17) is 0 Å². The van der Waals surface area contributed by atoms with Gasteiger partial charge in [-0.2, -0.15) is 0 Å². The van der Waals surface area contributed by atoms with Crippen molar-refractivity contribution < 1.29 is 0 Å². The number of fused-ring (bicyclic) bond motifs is 1. The summed E-state index contributed by atoms with van der Waals surface area (Å²) in [7, 11) is 0. The van der Waals surface area contributed by atoms with Crippen LogP contribution in [0, 0.1) is 5.92 Å². The molecule has 2 fully saturated rings. The maximum Gasteiger partial charge on any atom is 0.0102 e. The second-order valence-electron chi connectivity index (χ2n) is 3.11. The molecule has 0 unspecified atom stereocenters. The molecule has 1 aliphatic carbocycles. The SMILES string of the molecule is CC[C@@H]1C[C@H]2C[C@H]2N1.Cl. The van der Waals surface area contributed by atoms with Crippen molar-refractivity contribution in [2.45, 2.75) is 38.3 Å². The van der Waals surface area contributed by atoms with Crippen LogP contribution in [0.2, 0.25) is 0 Å². The normalized spacial score (nSPS) is 45.7. The molecule has 1 saturated carbocycles. The molecule has 9 heavy (non-hydrogen) atoms. The fourth-order valence-corrected chi connectivity index (χ4v) is 1.73. The minimum Gasteiger partial charge on any atom is -0.311 e. The zero-order valence-electron chi connectivity index (χ0n) is 5.76. The van der Waals surface area contributed by atoms with E-state index >= 15 is 0 Å². The Morgan fingerprint density at radius 1 is 1.44 bits per heavy atom. The van der Waals surface area contributed by atoms with Gasteiger partial charge in [-0.05, 0) is 25.2 Å². The summed E-state index contributed by atoms with van der Waals surface area (Å²) in [6.45, 7) is 2.27. The summed E-state index contributed by atoms with van der Waals surface area (Å²) >= 11 is 0. The van der Waals surface area contributed by atoms with Crippen molar-refractivity contribution in [2.24, 2.45) is 5.92 Å². The molecule has 0 aromatic heterocycles. The smallest absolute Gasteiger partial charge is 0.0102 e. The summed E-state index contributed by atoms with van der Waals surface area (Å²) in [4.78, 5) is 0. The molecule has 1 aliphatic heterocycles. The van der Waals surface area contributed by atoms with Gasteiger partial charge in [0.1, 0.15) is 0 Å². The number of nitrogens with one attached hydrogen (secondary N) is 1. The van der Waals surface area contributed by atoms with Crippen molar-refractivity contribution in [3.8, 4) is 0 Å². The van der Waals surface area contributed by atoms with Crippen molar-refractivity contribution in [1.82, 2.24) is 5.32 Å². The van der Waals surface area contributed by atoms with Gasteiger partial charge in [0.25, 0.3) is 0 Å². The first-order valence-electron chi connectivity index (χ1n) is 3.66. The Hall–Kier alpha value is 0.250. The molecule has 0 aromatic rings. The molecule has 0 spiro atoms. The second kappa shape index (κ2) is 2.47. The third kappa shape index (κ3) is 1.22. The van der Waals surface area contributed by atoms with Crippen molar-refractivity contribution in [2.75, 3.05) is 0 Å². The van der Waals surface area contributed by atoms with Gasteiger partial charge in [-0.25, -0.2) is 0 Å². The lowest BCUT2D eigenvalue weighted by molar-refractivity contribution is 0.526. The highest BCUT2D eigenvalue weighted by Crippen LogP contribution is 2.41. The summed E-state index contributed by atoms with van der Waals surface area (Å²) < 4.78 is 0. The Bertz CT molecular complexity index is 95.1. The molecular formula is C7H14ClN. The van der Waals surface area contributed by atoms with Gasteiger partial charge in [0.05, 0.1) is 0 Å². The van der Waals surface area contributed by atoms with Crippen LogP contribution in [0.25, 0.3) is 0 Å². The van der Waals surface area contributed by atoms with Crippen LogP contribution in [0.5, 0.6) is 0 Å². The molecule has 1 heterocycles. The van der Waals surface area contributed by atoms with E-state index in [0.717, 1.165) is 18.0 Å². The molecule has 1 N–H and O–H groups in total. The highest BCUT2D eigenvalue weighted by Gasteiger charge is 2.44. The van der Waals surface area contributed by atoms with Crippen LogP contribution in [0.4, 0.5) is 0 Å². The Kier molecular flexibility index (Phi) is 2.02. The summed E-state index contributed by atoms with van der Waals surface area (Å²) in [5.74, 6) is 1.08. The molecule has 2 aliphatic rings. The monoisotopic (exact) mass is 147 g/mol. The van der Waals surface area contributed by atoms with E-state index in [1.54, 1.807) is 0 Å². The van der Waals surface area contributed by atoms with Gasteiger partial charge in [0, 0.05) is 12.1 Å². The zero-order valence-corrected chi connectivity index (χ0v) is 6.58. The van der Waals surface area contributed by atoms with Crippen molar-refractivity contribution in [3.05, 3.63) is 0 Å². The van der Waals surface area contributed by atoms with Crippen LogP contribution in [0.3, 0.4) is 0 Å². The average molecular weight is 148 g/mol. The lowest BCUT2D eigenvalue weighted by Crippen LogP contribution is -2.24. The van der Waals surface area contributed by atoms with Gasteiger partial charge in [-0.3, -0.25) is 0 Å². The van der Waals surface area contributed by atoms with Crippen LogP contribution in [0.1, 0.15) is 26.2 Å². The Morgan fingerprint density at radius 3 is 2.56 bits per heavy atom. The van der Waals surface area contributed by atoms with E-state index < -0.39 is 0 Å². The predicted octanol–water partition coefficient (Wildman–Crippen LogP) is 1.57. The first-order chi connectivity index (χ1) is 3.90. The summed E-state index contributed by atoms with van der Waals surface area (Å²) in [6.07, 6.45) is 4.25. The van der Waals surface area contributed by atoms with Gasteiger partial charge in [0.2, 0.25) is 0 Å². The van der Waals surface area contributed by atoms with E-state index in [9.17, 15) is 0 Å². The molecule has 0 amide bonds. The van der Waals surface area contributed by atoms with E-state index in [-0.39, 0.29) is 12.4 Å².